The Morgan fingerprint density at radius 3 is 2.55 bits per heavy atom. The molecule has 0 bridgehead atoms. The molecule has 0 aromatic heterocycles. The number of anilines is 1. The van der Waals surface area contributed by atoms with Gasteiger partial charge < -0.3 is 29.5 Å². The number of hydrogen-bond donors (Lipinski definition) is 2. The quantitative estimate of drug-likeness (QED) is 0.658. The zero-order valence-corrected chi connectivity index (χ0v) is 18.8. The van der Waals surface area contributed by atoms with Crippen LogP contribution in [-0.4, -0.2) is 58.7 Å². The molecule has 0 saturated carbocycles. The summed E-state index contributed by atoms with van der Waals surface area (Å²) in [6.45, 7) is 5.71. The Hall–Kier alpha value is -2.28. The van der Waals surface area contributed by atoms with E-state index in [1.165, 1.54) is 18.4 Å². The highest BCUT2D eigenvalue weighted by atomic mass is 16.5. The van der Waals surface area contributed by atoms with Crippen molar-refractivity contribution in [2.75, 3.05) is 58.5 Å². The molecule has 0 radical (unpaired) electrons. The fourth-order valence-electron chi connectivity index (χ4n) is 4.08. The summed E-state index contributed by atoms with van der Waals surface area (Å²) in [6.07, 6.45) is 3.51. The van der Waals surface area contributed by atoms with Crippen LogP contribution in [0.15, 0.2) is 42.5 Å². The number of aliphatic hydroxyl groups is 1. The molecule has 2 heterocycles. The first-order chi connectivity index (χ1) is 15.2. The van der Waals surface area contributed by atoms with Gasteiger partial charge in [0.15, 0.2) is 0 Å². The Kier molecular flexibility index (Phi) is 9.46. The average Bonchev–Trinajstić information content (AvgIpc) is 2.85. The number of hydrogen-bond acceptors (Lipinski definition) is 6. The first-order valence-corrected chi connectivity index (χ1v) is 11.2. The minimum absolute atomic E-state index is 0.0686. The molecule has 2 aliphatic heterocycles. The molecule has 170 valence electrons. The molecule has 2 aromatic carbocycles. The maximum Gasteiger partial charge on any atom is 0.142 e. The third kappa shape index (κ3) is 6.86. The van der Waals surface area contributed by atoms with Gasteiger partial charge in [-0.25, -0.2) is 0 Å². The van der Waals surface area contributed by atoms with Crippen molar-refractivity contribution in [3.05, 3.63) is 53.6 Å². The number of methoxy groups -OCH3 is 2. The molecular formula is C25H36N2O4. The number of ether oxygens (including phenoxy) is 3. The lowest BCUT2D eigenvalue weighted by Gasteiger charge is -2.31. The summed E-state index contributed by atoms with van der Waals surface area (Å²) in [4.78, 5) is 2.29. The minimum Gasteiger partial charge on any atom is -0.497 e. The second-order valence-electron chi connectivity index (χ2n) is 7.94. The zero-order chi connectivity index (χ0) is 21.9. The first kappa shape index (κ1) is 23.4. The molecule has 6 nitrogen and oxygen atoms in total. The molecule has 2 N–H and O–H groups in total. The molecule has 2 aromatic rings. The Morgan fingerprint density at radius 2 is 1.87 bits per heavy atom. The lowest BCUT2D eigenvalue weighted by Crippen LogP contribution is -2.34. The lowest BCUT2D eigenvalue weighted by molar-refractivity contribution is 0.195. The molecule has 0 amide bonds. The SMILES string of the molecule is COCCCN1CCOc2ccc(CO)cc21.COc1ccc(C2CCNCC2)cc1. The van der Waals surface area contributed by atoms with Gasteiger partial charge in [0.2, 0.25) is 0 Å². The highest BCUT2D eigenvalue weighted by Gasteiger charge is 2.18. The van der Waals surface area contributed by atoms with Crippen molar-refractivity contribution in [1.29, 1.82) is 0 Å². The van der Waals surface area contributed by atoms with E-state index in [-0.39, 0.29) is 6.61 Å². The molecule has 0 unspecified atom stereocenters. The van der Waals surface area contributed by atoms with Crippen molar-refractivity contribution in [2.24, 2.45) is 0 Å². The Labute approximate surface area is 186 Å². The maximum atomic E-state index is 9.16. The topological polar surface area (TPSA) is 63.2 Å². The first-order valence-electron chi connectivity index (χ1n) is 11.2. The minimum atomic E-state index is 0.0686. The number of benzene rings is 2. The zero-order valence-electron chi connectivity index (χ0n) is 18.8. The Bertz CT molecular complexity index is 776. The van der Waals surface area contributed by atoms with Gasteiger partial charge >= 0.3 is 0 Å². The molecule has 6 heteroatoms. The van der Waals surface area contributed by atoms with Gasteiger partial charge in [0.25, 0.3) is 0 Å². The van der Waals surface area contributed by atoms with Crippen molar-refractivity contribution < 1.29 is 19.3 Å². The monoisotopic (exact) mass is 428 g/mol. The van der Waals surface area contributed by atoms with Crippen LogP contribution < -0.4 is 19.7 Å². The molecule has 4 rings (SSSR count). The number of aliphatic hydroxyl groups excluding tert-OH is 1. The fraction of sp³-hybridized carbons (Fsp3) is 0.520. The third-order valence-electron chi connectivity index (χ3n) is 5.87. The molecule has 0 spiro atoms. The van der Waals surface area contributed by atoms with E-state index in [4.69, 9.17) is 19.3 Å². The summed E-state index contributed by atoms with van der Waals surface area (Å²) in [5.41, 5.74) is 3.46. The summed E-state index contributed by atoms with van der Waals surface area (Å²) in [6, 6.07) is 14.3. The van der Waals surface area contributed by atoms with Gasteiger partial charge in [0.1, 0.15) is 18.1 Å². The highest BCUT2D eigenvalue weighted by Crippen LogP contribution is 2.32. The molecular weight excluding hydrogens is 392 g/mol. The fourth-order valence-corrected chi connectivity index (χ4v) is 4.08. The molecule has 0 atom stereocenters. The largest absolute Gasteiger partial charge is 0.497 e. The predicted molar refractivity (Wildman–Crippen MR) is 124 cm³/mol. The number of rotatable bonds is 7. The van der Waals surface area contributed by atoms with Crippen LogP contribution in [0.25, 0.3) is 0 Å². The van der Waals surface area contributed by atoms with Crippen molar-refractivity contribution in [3.8, 4) is 11.5 Å². The van der Waals surface area contributed by atoms with Gasteiger partial charge in [-0.3, -0.25) is 0 Å². The van der Waals surface area contributed by atoms with Crippen LogP contribution in [0.1, 0.15) is 36.3 Å². The summed E-state index contributed by atoms with van der Waals surface area (Å²) < 4.78 is 15.8. The number of nitrogens with one attached hydrogen (secondary N) is 1. The van der Waals surface area contributed by atoms with Crippen LogP contribution in [0.5, 0.6) is 11.5 Å². The second kappa shape index (κ2) is 12.5. The smallest absolute Gasteiger partial charge is 0.142 e. The van der Waals surface area contributed by atoms with E-state index in [1.54, 1.807) is 14.2 Å². The van der Waals surface area contributed by atoms with E-state index < -0.39 is 0 Å². The standard InChI is InChI=1S/C13H19NO3.C12H17NO/c1-16-7-2-5-14-6-8-17-13-4-3-11(10-15)9-12(13)14;1-14-12-4-2-10(3-5-12)11-6-8-13-9-7-11/h3-4,9,15H,2,5-8,10H2,1H3;2-5,11,13H,6-9H2,1H3. The van der Waals surface area contributed by atoms with Gasteiger partial charge in [-0.1, -0.05) is 18.2 Å². The van der Waals surface area contributed by atoms with Crippen LogP contribution >= 0.6 is 0 Å². The van der Waals surface area contributed by atoms with Gasteiger partial charge in [-0.2, -0.15) is 0 Å². The van der Waals surface area contributed by atoms with E-state index in [2.05, 4.69) is 34.5 Å². The normalized spacial score (nSPS) is 16.0. The summed E-state index contributed by atoms with van der Waals surface area (Å²) in [5.74, 6) is 2.59. The second-order valence-corrected chi connectivity index (χ2v) is 7.94. The van der Waals surface area contributed by atoms with Crippen LogP contribution in [0, 0.1) is 0 Å². The predicted octanol–water partition coefficient (Wildman–Crippen LogP) is 3.58. The highest BCUT2D eigenvalue weighted by molar-refractivity contribution is 5.61. The number of nitrogens with zero attached hydrogens (tertiary/aromatic N) is 1. The summed E-state index contributed by atoms with van der Waals surface area (Å²) in [5, 5.41) is 12.5. The van der Waals surface area contributed by atoms with Crippen molar-refractivity contribution >= 4 is 5.69 Å². The summed E-state index contributed by atoms with van der Waals surface area (Å²) in [7, 11) is 3.43. The van der Waals surface area contributed by atoms with Crippen LogP contribution in [0.4, 0.5) is 5.69 Å². The van der Waals surface area contributed by atoms with Crippen molar-refractivity contribution in [2.45, 2.75) is 31.8 Å². The van der Waals surface area contributed by atoms with E-state index in [1.807, 2.05) is 18.2 Å². The molecule has 0 aliphatic carbocycles. The van der Waals surface area contributed by atoms with Gasteiger partial charge in [-0.05, 0) is 73.7 Å². The molecule has 2 aliphatic rings. The third-order valence-corrected chi connectivity index (χ3v) is 5.87. The summed E-state index contributed by atoms with van der Waals surface area (Å²) >= 11 is 0. The lowest BCUT2D eigenvalue weighted by atomic mass is 9.90. The van der Waals surface area contributed by atoms with Gasteiger partial charge in [0, 0.05) is 20.3 Å². The van der Waals surface area contributed by atoms with Crippen LogP contribution in [-0.2, 0) is 11.3 Å². The number of fused-ring (bicyclic) bond motifs is 1. The van der Waals surface area contributed by atoms with Crippen LogP contribution in [0.2, 0.25) is 0 Å². The molecule has 31 heavy (non-hydrogen) atoms. The van der Waals surface area contributed by atoms with E-state index in [0.29, 0.717) is 0 Å². The average molecular weight is 429 g/mol. The molecule has 1 saturated heterocycles. The number of piperidine rings is 1. The van der Waals surface area contributed by atoms with E-state index in [9.17, 15) is 0 Å². The van der Waals surface area contributed by atoms with E-state index in [0.717, 1.165) is 74.5 Å². The molecule has 1 fully saturated rings. The van der Waals surface area contributed by atoms with Crippen molar-refractivity contribution in [3.63, 3.8) is 0 Å². The van der Waals surface area contributed by atoms with Gasteiger partial charge in [0.05, 0.1) is 25.9 Å². The Morgan fingerprint density at radius 1 is 1.10 bits per heavy atom. The van der Waals surface area contributed by atoms with Crippen molar-refractivity contribution in [1.82, 2.24) is 5.32 Å². The Balaban J connectivity index is 0.000000179. The van der Waals surface area contributed by atoms with Gasteiger partial charge in [-0.15, -0.1) is 0 Å². The van der Waals surface area contributed by atoms with Crippen LogP contribution in [0.3, 0.4) is 0 Å². The maximum absolute atomic E-state index is 9.16. The van der Waals surface area contributed by atoms with E-state index >= 15 is 0 Å².